The van der Waals surface area contributed by atoms with Crippen LogP contribution in [0.3, 0.4) is 0 Å². The van der Waals surface area contributed by atoms with Crippen molar-refractivity contribution in [3.8, 4) is 0 Å². The van der Waals surface area contributed by atoms with E-state index in [1.54, 1.807) is 13.3 Å². The minimum Gasteiger partial charge on any atom is -0.402 e. The van der Waals surface area contributed by atoms with Crippen molar-refractivity contribution in [2.75, 3.05) is 13.8 Å². The highest BCUT2D eigenvalue weighted by molar-refractivity contribution is 5.79. The van der Waals surface area contributed by atoms with E-state index in [2.05, 4.69) is 4.99 Å². The highest BCUT2D eigenvalue weighted by atomic mass is 16.5. The molecule has 64 valence electrons. The van der Waals surface area contributed by atoms with Gasteiger partial charge in [0.2, 0.25) is 0 Å². The van der Waals surface area contributed by atoms with E-state index < -0.39 is 0 Å². The van der Waals surface area contributed by atoms with Crippen LogP contribution in [0.4, 0.5) is 0 Å². The molecule has 11 heavy (non-hydrogen) atoms. The number of rotatable bonds is 4. The van der Waals surface area contributed by atoms with Gasteiger partial charge >= 0.3 is 0 Å². The number of hydrogen-bond donors (Lipinski definition) is 1. The van der Waals surface area contributed by atoms with Crippen LogP contribution >= 0.6 is 0 Å². The van der Waals surface area contributed by atoms with E-state index in [0.717, 1.165) is 17.7 Å². The molecule has 0 bridgehead atoms. The number of ether oxygens (including phenoxy) is 1. The summed E-state index contributed by atoms with van der Waals surface area (Å²) in [4.78, 5) is 4.00. The Morgan fingerprint density at radius 3 is 2.64 bits per heavy atom. The van der Waals surface area contributed by atoms with Gasteiger partial charge in [-0.25, -0.2) is 0 Å². The Balaban J connectivity index is 3.99. The molecule has 0 saturated carbocycles. The van der Waals surface area contributed by atoms with Gasteiger partial charge in [-0.2, -0.15) is 0 Å². The van der Waals surface area contributed by atoms with Gasteiger partial charge in [0.15, 0.2) is 0 Å². The Hall–Kier alpha value is -0.830. The molecule has 0 aromatic heterocycles. The summed E-state index contributed by atoms with van der Waals surface area (Å²) in [5, 5.41) is 0. The van der Waals surface area contributed by atoms with Crippen molar-refractivity contribution < 1.29 is 4.74 Å². The fourth-order valence-corrected chi connectivity index (χ4v) is 0.694. The molecule has 0 spiro atoms. The van der Waals surface area contributed by atoms with Crippen molar-refractivity contribution in [3.05, 3.63) is 11.3 Å². The van der Waals surface area contributed by atoms with Crippen molar-refractivity contribution in [3.63, 3.8) is 0 Å². The second-order valence-corrected chi connectivity index (χ2v) is 2.29. The zero-order valence-electron chi connectivity index (χ0n) is 7.42. The molecule has 3 heteroatoms. The van der Waals surface area contributed by atoms with Crippen molar-refractivity contribution >= 4 is 6.21 Å². The fraction of sp³-hybridized carbons (Fsp3) is 0.625. The zero-order valence-corrected chi connectivity index (χ0v) is 7.42. The molecule has 0 rings (SSSR count). The maximum atomic E-state index is 5.58. The van der Waals surface area contributed by atoms with Crippen LogP contribution in [0.1, 0.15) is 20.3 Å². The lowest BCUT2D eigenvalue weighted by Crippen LogP contribution is -1.99. The van der Waals surface area contributed by atoms with Crippen molar-refractivity contribution in [1.82, 2.24) is 0 Å². The molecular weight excluding hydrogens is 140 g/mol. The van der Waals surface area contributed by atoms with E-state index in [1.807, 2.05) is 13.8 Å². The van der Waals surface area contributed by atoms with Gasteiger partial charge in [-0.15, -0.1) is 0 Å². The Kier molecular flexibility index (Phi) is 5.47. The molecule has 0 unspecified atom stereocenters. The summed E-state index contributed by atoms with van der Waals surface area (Å²) >= 11 is 0. The molecule has 0 saturated heterocycles. The van der Waals surface area contributed by atoms with E-state index >= 15 is 0 Å². The molecule has 0 aromatic rings. The number of hydrogen-bond acceptors (Lipinski definition) is 3. The molecule has 0 aliphatic carbocycles. The third-order valence-electron chi connectivity index (χ3n) is 1.34. The summed E-state index contributed by atoms with van der Waals surface area (Å²) in [6.07, 6.45) is 2.67. The summed E-state index contributed by atoms with van der Waals surface area (Å²) in [6.45, 7) is 4.32. The number of nitrogens with two attached hydrogens (primary N) is 1. The Morgan fingerprint density at radius 2 is 2.27 bits per heavy atom. The molecule has 0 fully saturated rings. The average Bonchev–Trinajstić information content (AvgIpc) is 1.97. The number of nitrogens with zero attached hydrogens (tertiary/aromatic N) is 1. The quantitative estimate of drug-likeness (QED) is 0.624. The van der Waals surface area contributed by atoms with Crippen molar-refractivity contribution in [2.45, 2.75) is 20.3 Å². The molecule has 0 radical (unpaired) electrons. The standard InChI is InChI=1S/C8H16N2O/c1-4-8(7(2)9)5-10-6-11-3/h5H,4,6,9H2,1-3H3/b8-7-,10-5-. The molecule has 0 amide bonds. The summed E-state index contributed by atoms with van der Waals surface area (Å²) in [7, 11) is 1.61. The highest BCUT2D eigenvalue weighted by Gasteiger charge is 1.90. The van der Waals surface area contributed by atoms with Gasteiger partial charge < -0.3 is 10.5 Å². The minimum absolute atomic E-state index is 0.400. The van der Waals surface area contributed by atoms with Crippen LogP contribution in [-0.4, -0.2) is 20.1 Å². The molecule has 0 aliphatic heterocycles. The first-order valence-electron chi connectivity index (χ1n) is 3.66. The summed E-state index contributed by atoms with van der Waals surface area (Å²) in [5.74, 6) is 0. The second kappa shape index (κ2) is 5.92. The maximum absolute atomic E-state index is 5.58. The van der Waals surface area contributed by atoms with Gasteiger partial charge in [0.05, 0.1) is 0 Å². The number of aliphatic imine (C=N–C) groups is 1. The molecule has 0 heterocycles. The van der Waals surface area contributed by atoms with Gasteiger partial charge in [-0.1, -0.05) is 6.92 Å². The first kappa shape index (κ1) is 10.2. The lowest BCUT2D eigenvalue weighted by Gasteiger charge is -1.98. The zero-order chi connectivity index (χ0) is 8.69. The fourth-order valence-electron chi connectivity index (χ4n) is 0.694. The van der Waals surface area contributed by atoms with Crippen LogP contribution in [0, 0.1) is 0 Å². The number of methoxy groups -OCH3 is 1. The van der Waals surface area contributed by atoms with Crippen molar-refractivity contribution in [2.24, 2.45) is 10.7 Å². The highest BCUT2D eigenvalue weighted by Crippen LogP contribution is 1.99. The Morgan fingerprint density at radius 1 is 1.64 bits per heavy atom. The van der Waals surface area contributed by atoms with E-state index in [4.69, 9.17) is 10.5 Å². The van der Waals surface area contributed by atoms with Crippen LogP contribution in [-0.2, 0) is 4.74 Å². The third-order valence-corrected chi connectivity index (χ3v) is 1.34. The lowest BCUT2D eigenvalue weighted by atomic mass is 10.2. The first-order chi connectivity index (χ1) is 5.22. The van der Waals surface area contributed by atoms with E-state index in [9.17, 15) is 0 Å². The summed E-state index contributed by atoms with van der Waals surface area (Å²) in [5.41, 5.74) is 7.47. The SMILES string of the molecule is CCC(/C=N\COC)=C(\C)N. The largest absolute Gasteiger partial charge is 0.402 e. The molecule has 0 aliphatic rings. The molecule has 0 atom stereocenters. The average molecular weight is 156 g/mol. The van der Waals surface area contributed by atoms with Crippen LogP contribution in [0.15, 0.2) is 16.3 Å². The summed E-state index contributed by atoms with van der Waals surface area (Å²) in [6, 6.07) is 0. The second-order valence-electron chi connectivity index (χ2n) is 2.29. The minimum atomic E-state index is 0.400. The predicted octanol–water partition coefficient (Wildman–Crippen LogP) is 1.30. The van der Waals surface area contributed by atoms with E-state index in [-0.39, 0.29) is 0 Å². The van der Waals surface area contributed by atoms with Crippen molar-refractivity contribution in [1.29, 1.82) is 0 Å². The number of allylic oxidation sites excluding steroid dienone is 2. The maximum Gasteiger partial charge on any atom is 0.137 e. The monoisotopic (exact) mass is 156 g/mol. The molecular formula is C8H16N2O. The third kappa shape index (κ3) is 4.56. The topological polar surface area (TPSA) is 47.6 Å². The Labute approximate surface area is 68.0 Å². The van der Waals surface area contributed by atoms with Crippen LogP contribution in [0.25, 0.3) is 0 Å². The predicted molar refractivity (Wildman–Crippen MR) is 47.5 cm³/mol. The van der Waals surface area contributed by atoms with Gasteiger partial charge in [0.25, 0.3) is 0 Å². The summed E-state index contributed by atoms with van der Waals surface area (Å²) < 4.78 is 4.76. The van der Waals surface area contributed by atoms with Gasteiger partial charge in [-0.3, -0.25) is 4.99 Å². The molecule has 0 aromatic carbocycles. The smallest absolute Gasteiger partial charge is 0.137 e. The van der Waals surface area contributed by atoms with Crippen LogP contribution in [0.5, 0.6) is 0 Å². The van der Waals surface area contributed by atoms with Gasteiger partial charge in [-0.05, 0) is 18.9 Å². The van der Waals surface area contributed by atoms with Crippen LogP contribution in [0.2, 0.25) is 0 Å². The molecule has 3 nitrogen and oxygen atoms in total. The van der Waals surface area contributed by atoms with Gasteiger partial charge in [0.1, 0.15) is 6.73 Å². The van der Waals surface area contributed by atoms with E-state index in [1.165, 1.54) is 0 Å². The van der Waals surface area contributed by atoms with Crippen LogP contribution < -0.4 is 5.73 Å². The lowest BCUT2D eigenvalue weighted by molar-refractivity contribution is 0.209. The van der Waals surface area contributed by atoms with E-state index in [0.29, 0.717) is 6.73 Å². The first-order valence-corrected chi connectivity index (χ1v) is 3.66. The normalized spacial score (nSPS) is 13.7. The molecule has 2 N–H and O–H groups in total. The van der Waals surface area contributed by atoms with Gasteiger partial charge in [0, 0.05) is 19.0 Å². The Bertz CT molecular complexity index is 157.